The Kier molecular flexibility index (Phi) is 3.57. The van der Waals surface area contributed by atoms with Gasteiger partial charge in [-0.15, -0.1) is 0 Å². The van der Waals surface area contributed by atoms with Crippen LogP contribution in [-0.2, 0) is 0 Å². The van der Waals surface area contributed by atoms with Crippen LogP contribution in [0.15, 0.2) is 12.4 Å². The Morgan fingerprint density at radius 2 is 1.73 bits per heavy atom. The number of hydrogen-bond acceptors (Lipinski definition) is 5. The summed E-state index contributed by atoms with van der Waals surface area (Å²) in [6, 6.07) is 0. The van der Waals surface area contributed by atoms with E-state index in [0.717, 1.165) is 30.5 Å². The average Bonchev–Trinajstić information content (AvgIpc) is 2.43. The summed E-state index contributed by atoms with van der Waals surface area (Å²) in [5.74, 6) is 1.83. The van der Waals surface area contributed by atoms with Gasteiger partial charge in [-0.05, 0) is 51.4 Å². The highest BCUT2D eigenvalue weighted by Gasteiger charge is 2.52. The lowest BCUT2D eigenvalue weighted by atomic mass is 9.72. The molecule has 5 nitrogen and oxygen atoms in total. The maximum Gasteiger partial charge on any atom is 0.225 e. The van der Waals surface area contributed by atoms with Crippen molar-refractivity contribution in [2.24, 2.45) is 11.3 Å². The smallest absolute Gasteiger partial charge is 0.225 e. The summed E-state index contributed by atoms with van der Waals surface area (Å²) in [4.78, 5) is 16.3. The molecule has 0 aromatic carbocycles. The van der Waals surface area contributed by atoms with Crippen LogP contribution in [0.1, 0.15) is 18.4 Å². The Bertz CT molecular complexity index is 506. The summed E-state index contributed by atoms with van der Waals surface area (Å²) in [5, 5.41) is 0. The Hall–Kier alpha value is -1.20. The second-order valence-electron chi connectivity index (χ2n) is 7.83. The van der Waals surface area contributed by atoms with E-state index in [4.69, 9.17) is 0 Å². The SMILES string of the molecule is Cc1cnc(N2CC3(CN(CC4CCN(C)CC4)C3)C2)nc1. The van der Waals surface area contributed by atoms with E-state index in [1.54, 1.807) is 0 Å². The molecule has 0 saturated carbocycles. The fourth-order valence-corrected chi connectivity index (χ4v) is 4.30. The fraction of sp³-hybridized carbons (Fsp3) is 0.765. The van der Waals surface area contributed by atoms with E-state index in [1.807, 2.05) is 19.3 Å². The first-order chi connectivity index (χ1) is 10.6. The molecule has 4 rings (SSSR count). The van der Waals surface area contributed by atoms with Crippen molar-refractivity contribution in [1.29, 1.82) is 0 Å². The van der Waals surface area contributed by atoms with Gasteiger partial charge in [0, 0.05) is 50.5 Å². The van der Waals surface area contributed by atoms with E-state index in [0.29, 0.717) is 5.41 Å². The lowest BCUT2D eigenvalue weighted by Crippen LogP contribution is -2.72. The van der Waals surface area contributed by atoms with E-state index < -0.39 is 0 Å². The van der Waals surface area contributed by atoms with Crippen LogP contribution in [0.5, 0.6) is 0 Å². The first-order valence-electron chi connectivity index (χ1n) is 8.56. The number of piperidine rings is 1. The van der Waals surface area contributed by atoms with Gasteiger partial charge in [-0.2, -0.15) is 0 Å². The normalized spacial score (nSPS) is 26.0. The van der Waals surface area contributed by atoms with E-state index in [1.165, 1.54) is 45.6 Å². The number of hydrogen-bond donors (Lipinski definition) is 0. The molecular weight excluding hydrogens is 274 g/mol. The molecule has 0 atom stereocenters. The number of likely N-dealkylation sites (tertiary alicyclic amines) is 2. The fourth-order valence-electron chi connectivity index (χ4n) is 4.30. The predicted octanol–water partition coefficient (Wildman–Crippen LogP) is 1.25. The van der Waals surface area contributed by atoms with Crippen molar-refractivity contribution in [3.8, 4) is 0 Å². The Morgan fingerprint density at radius 1 is 1.09 bits per heavy atom. The van der Waals surface area contributed by atoms with Gasteiger partial charge in [-0.25, -0.2) is 9.97 Å². The summed E-state index contributed by atoms with van der Waals surface area (Å²) in [5.41, 5.74) is 1.67. The minimum absolute atomic E-state index is 0.541. The number of aryl methyl sites for hydroxylation is 1. The molecule has 0 bridgehead atoms. The summed E-state index contributed by atoms with van der Waals surface area (Å²) in [6.45, 7) is 10.7. The zero-order valence-corrected chi connectivity index (χ0v) is 13.8. The molecule has 0 radical (unpaired) electrons. The van der Waals surface area contributed by atoms with Crippen LogP contribution in [0, 0.1) is 18.3 Å². The zero-order chi connectivity index (χ0) is 15.2. The molecule has 1 spiro atoms. The summed E-state index contributed by atoms with van der Waals surface area (Å²) >= 11 is 0. The van der Waals surface area contributed by atoms with Gasteiger partial charge in [0.05, 0.1) is 0 Å². The van der Waals surface area contributed by atoms with Gasteiger partial charge in [0.2, 0.25) is 5.95 Å². The van der Waals surface area contributed by atoms with Gasteiger partial charge in [0.15, 0.2) is 0 Å². The number of anilines is 1. The van der Waals surface area contributed by atoms with Crippen molar-refractivity contribution >= 4 is 5.95 Å². The van der Waals surface area contributed by atoms with Crippen molar-refractivity contribution in [1.82, 2.24) is 19.8 Å². The second kappa shape index (κ2) is 5.46. The largest absolute Gasteiger partial charge is 0.339 e. The molecule has 22 heavy (non-hydrogen) atoms. The van der Waals surface area contributed by atoms with Crippen LogP contribution in [-0.4, -0.2) is 72.6 Å². The summed E-state index contributed by atoms with van der Waals surface area (Å²) < 4.78 is 0. The molecule has 0 aliphatic carbocycles. The molecule has 1 aromatic rings. The second-order valence-corrected chi connectivity index (χ2v) is 7.83. The summed E-state index contributed by atoms with van der Waals surface area (Å²) in [6.07, 6.45) is 6.59. The number of rotatable bonds is 3. The third-order valence-electron chi connectivity index (χ3n) is 5.58. The molecule has 0 N–H and O–H groups in total. The van der Waals surface area contributed by atoms with Gasteiger partial charge < -0.3 is 14.7 Å². The highest BCUT2D eigenvalue weighted by molar-refractivity contribution is 5.38. The molecule has 3 aliphatic rings. The van der Waals surface area contributed by atoms with Gasteiger partial charge >= 0.3 is 0 Å². The minimum atomic E-state index is 0.541. The van der Waals surface area contributed by atoms with Gasteiger partial charge in [0.1, 0.15) is 0 Å². The highest BCUT2D eigenvalue weighted by Crippen LogP contribution is 2.41. The molecule has 120 valence electrons. The van der Waals surface area contributed by atoms with Crippen LogP contribution in [0.4, 0.5) is 5.95 Å². The maximum absolute atomic E-state index is 4.44. The third-order valence-corrected chi connectivity index (χ3v) is 5.58. The molecule has 3 aliphatic heterocycles. The third kappa shape index (κ3) is 2.72. The lowest BCUT2D eigenvalue weighted by Gasteiger charge is -2.61. The van der Waals surface area contributed by atoms with Crippen molar-refractivity contribution in [2.45, 2.75) is 19.8 Å². The topological polar surface area (TPSA) is 35.5 Å². The zero-order valence-electron chi connectivity index (χ0n) is 13.8. The molecule has 5 heteroatoms. The lowest BCUT2D eigenvalue weighted by molar-refractivity contribution is -0.0357. The maximum atomic E-state index is 4.44. The molecule has 0 unspecified atom stereocenters. The molecule has 3 fully saturated rings. The Labute approximate surface area is 133 Å². The predicted molar refractivity (Wildman–Crippen MR) is 88.1 cm³/mol. The van der Waals surface area contributed by atoms with Gasteiger partial charge in [-0.1, -0.05) is 0 Å². The number of nitrogens with zero attached hydrogens (tertiary/aromatic N) is 5. The van der Waals surface area contributed by atoms with Gasteiger partial charge in [-0.3, -0.25) is 0 Å². The van der Waals surface area contributed by atoms with E-state index >= 15 is 0 Å². The van der Waals surface area contributed by atoms with E-state index in [2.05, 4.69) is 31.7 Å². The first kappa shape index (κ1) is 14.4. The quantitative estimate of drug-likeness (QED) is 0.839. The van der Waals surface area contributed by atoms with Crippen molar-refractivity contribution < 1.29 is 0 Å². The first-order valence-corrected chi connectivity index (χ1v) is 8.56. The van der Waals surface area contributed by atoms with Crippen LogP contribution in [0.3, 0.4) is 0 Å². The Balaban J connectivity index is 1.22. The summed E-state index contributed by atoms with van der Waals surface area (Å²) in [7, 11) is 2.24. The molecular formula is C17H27N5. The van der Waals surface area contributed by atoms with Crippen LogP contribution in [0.2, 0.25) is 0 Å². The van der Waals surface area contributed by atoms with Crippen LogP contribution in [0.25, 0.3) is 0 Å². The van der Waals surface area contributed by atoms with Crippen molar-refractivity contribution in [3.63, 3.8) is 0 Å². The van der Waals surface area contributed by atoms with Gasteiger partial charge in [0.25, 0.3) is 0 Å². The highest BCUT2D eigenvalue weighted by atomic mass is 15.4. The van der Waals surface area contributed by atoms with E-state index in [9.17, 15) is 0 Å². The Morgan fingerprint density at radius 3 is 2.36 bits per heavy atom. The minimum Gasteiger partial charge on any atom is -0.339 e. The average molecular weight is 301 g/mol. The van der Waals surface area contributed by atoms with Crippen molar-refractivity contribution in [2.75, 3.05) is 57.8 Å². The van der Waals surface area contributed by atoms with Crippen molar-refractivity contribution in [3.05, 3.63) is 18.0 Å². The molecule has 0 amide bonds. The molecule has 3 saturated heterocycles. The molecule has 1 aromatic heterocycles. The standard InChI is InChI=1S/C17H27N5/c1-14-7-18-16(19-8-14)22-12-17(13-22)10-21(11-17)9-15-3-5-20(2)6-4-15/h7-8,15H,3-6,9-13H2,1-2H3. The van der Waals surface area contributed by atoms with E-state index in [-0.39, 0.29) is 0 Å². The van der Waals surface area contributed by atoms with Crippen LogP contribution >= 0.6 is 0 Å². The molecule has 4 heterocycles. The number of aromatic nitrogens is 2. The van der Waals surface area contributed by atoms with Crippen LogP contribution < -0.4 is 4.90 Å². The monoisotopic (exact) mass is 301 g/mol.